The monoisotopic (exact) mass is 459 g/mol. The number of benzene rings is 1. The van der Waals surface area contributed by atoms with Gasteiger partial charge in [-0.25, -0.2) is 0 Å². The van der Waals surface area contributed by atoms with Crippen molar-refractivity contribution >= 4 is 29.3 Å². The summed E-state index contributed by atoms with van der Waals surface area (Å²) in [5, 5.41) is 6.17. The van der Waals surface area contributed by atoms with Crippen molar-refractivity contribution in [2.45, 2.75) is 76.8 Å². The van der Waals surface area contributed by atoms with Gasteiger partial charge >= 0.3 is 0 Å². The second-order valence-electron chi connectivity index (χ2n) is 9.72. The Morgan fingerprint density at radius 2 is 1.59 bits per heavy atom. The van der Waals surface area contributed by atoms with Crippen LogP contribution >= 0.6 is 11.8 Å². The fourth-order valence-corrected chi connectivity index (χ4v) is 6.04. The summed E-state index contributed by atoms with van der Waals surface area (Å²) in [6.07, 6.45) is 12.0. The number of amides is 2. The number of nitrogens with zero attached hydrogens (tertiary/aromatic N) is 1. The highest BCUT2D eigenvalue weighted by Gasteiger charge is 2.27. The summed E-state index contributed by atoms with van der Waals surface area (Å²) in [6.45, 7) is 0.482. The Hall–Kier alpha value is -1.69. The minimum atomic E-state index is -0.459. The molecule has 0 unspecified atom stereocenters. The molecule has 32 heavy (non-hydrogen) atoms. The van der Waals surface area contributed by atoms with Crippen LogP contribution in [0.3, 0.4) is 0 Å². The average Bonchev–Trinajstić information content (AvgIpc) is 2.83. The van der Waals surface area contributed by atoms with Crippen LogP contribution in [0.4, 0.5) is 5.69 Å². The van der Waals surface area contributed by atoms with Gasteiger partial charge in [-0.2, -0.15) is 11.8 Å². The predicted molar refractivity (Wildman–Crippen MR) is 135 cm³/mol. The molecule has 6 heteroatoms. The van der Waals surface area contributed by atoms with Gasteiger partial charge in [0.25, 0.3) is 0 Å². The van der Waals surface area contributed by atoms with Gasteiger partial charge in [-0.3, -0.25) is 9.59 Å². The molecule has 0 heterocycles. The van der Waals surface area contributed by atoms with E-state index in [1.807, 2.05) is 38.0 Å². The van der Waals surface area contributed by atoms with Gasteiger partial charge in [0.1, 0.15) is 6.04 Å². The van der Waals surface area contributed by atoms with Crippen LogP contribution in [-0.2, 0) is 16.1 Å². The lowest BCUT2D eigenvalue weighted by molar-refractivity contribution is -0.131. The zero-order chi connectivity index (χ0) is 22.8. The van der Waals surface area contributed by atoms with Crippen LogP contribution < -0.4 is 15.5 Å². The quantitative estimate of drug-likeness (QED) is 0.530. The molecule has 0 saturated heterocycles. The Kier molecular flexibility index (Phi) is 10.2. The van der Waals surface area contributed by atoms with E-state index in [9.17, 15) is 9.59 Å². The van der Waals surface area contributed by atoms with Gasteiger partial charge in [0.05, 0.1) is 0 Å². The normalized spacial score (nSPS) is 18.7. The molecule has 2 aliphatic carbocycles. The third-order valence-electron chi connectivity index (χ3n) is 6.89. The third kappa shape index (κ3) is 8.02. The SMILES string of the molecule is CN(C)c1ccc(CNC(=O)[C@H](CSCC2CCCCC2)NC(=O)C2CCCCC2)cc1. The first kappa shape index (κ1) is 24.9. The minimum Gasteiger partial charge on any atom is -0.378 e. The highest BCUT2D eigenvalue weighted by Crippen LogP contribution is 2.27. The van der Waals surface area contributed by atoms with Crippen molar-refractivity contribution in [1.82, 2.24) is 10.6 Å². The van der Waals surface area contributed by atoms with Gasteiger partial charge < -0.3 is 15.5 Å². The number of thioether (sulfide) groups is 1. The van der Waals surface area contributed by atoms with Crippen molar-refractivity contribution in [3.63, 3.8) is 0 Å². The fraction of sp³-hybridized carbons (Fsp3) is 0.692. The van der Waals surface area contributed by atoms with E-state index in [2.05, 4.69) is 27.7 Å². The summed E-state index contributed by atoms with van der Waals surface area (Å²) in [5.41, 5.74) is 2.20. The Morgan fingerprint density at radius 1 is 0.969 bits per heavy atom. The number of rotatable bonds is 10. The van der Waals surface area contributed by atoms with Crippen molar-refractivity contribution in [2.24, 2.45) is 11.8 Å². The Morgan fingerprint density at radius 3 is 2.22 bits per heavy atom. The maximum absolute atomic E-state index is 13.0. The molecule has 178 valence electrons. The van der Waals surface area contributed by atoms with E-state index in [0.717, 1.165) is 48.6 Å². The summed E-state index contributed by atoms with van der Waals surface area (Å²) < 4.78 is 0. The van der Waals surface area contributed by atoms with Gasteiger partial charge in [0.2, 0.25) is 11.8 Å². The lowest BCUT2D eigenvalue weighted by Gasteiger charge is -2.25. The zero-order valence-corrected chi connectivity index (χ0v) is 20.7. The first-order valence-electron chi connectivity index (χ1n) is 12.4. The molecule has 1 aromatic rings. The molecule has 0 bridgehead atoms. The average molecular weight is 460 g/mol. The fourth-order valence-electron chi connectivity index (χ4n) is 4.77. The molecule has 0 aromatic heterocycles. The van der Waals surface area contributed by atoms with Gasteiger partial charge in [0, 0.05) is 38.0 Å². The zero-order valence-electron chi connectivity index (χ0n) is 19.9. The first-order chi connectivity index (χ1) is 15.5. The second-order valence-corrected chi connectivity index (χ2v) is 10.8. The number of carbonyl (C=O) groups excluding carboxylic acids is 2. The molecular weight excluding hydrogens is 418 g/mol. The number of anilines is 1. The maximum Gasteiger partial charge on any atom is 0.243 e. The van der Waals surface area contributed by atoms with E-state index in [1.165, 1.54) is 38.5 Å². The van der Waals surface area contributed by atoms with E-state index >= 15 is 0 Å². The molecule has 5 nitrogen and oxygen atoms in total. The maximum atomic E-state index is 13.0. The Labute approximate surface area is 198 Å². The number of carbonyl (C=O) groups is 2. The van der Waals surface area contributed by atoms with E-state index in [1.54, 1.807) is 0 Å². The molecule has 1 atom stereocenters. The van der Waals surface area contributed by atoms with E-state index in [0.29, 0.717) is 12.3 Å². The van der Waals surface area contributed by atoms with Crippen molar-refractivity contribution in [1.29, 1.82) is 0 Å². The van der Waals surface area contributed by atoms with Gasteiger partial charge in [0.15, 0.2) is 0 Å². The van der Waals surface area contributed by atoms with Crippen LogP contribution in [0.1, 0.15) is 69.8 Å². The summed E-state index contributed by atoms with van der Waals surface area (Å²) in [4.78, 5) is 28.0. The van der Waals surface area contributed by atoms with Gasteiger partial charge in [-0.1, -0.05) is 50.7 Å². The van der Waals surface area contributed by atoms with Crippen molar-refractivity contribution in [3.8, 4) is 0 Å². The number of nitrogens with one attached hydrogen (secondary N) is 2. The number of hydrogen-bond acceptors (Lipinski definition) is 4. The van der Waals surface area contributed by atoms with E-state index in [-0.39, 0.29) is 17.7 Å². The number of hydrogen-bond donors (Lipinski definition) is 2. The summed E-state index contributed by atoms with van der Waals surface area (Å²) >= 11 is 1.83. The third-order valence-corrected chi connectivity index (χ3v) is 8.17. The van der Waals surface area contributed by atoms with Crippen molar-refractivity contribution in [3.05, 3.63) is 29.8 Å². The molecule has 3 rings (SSSR count). The van der Waals surface area contributed by atoms with Crippen LogP contribution in [0.2, 0.25) is 0 Å². The molecule has 2 fully saturated rings. The summed E-state index contributed by atoms with van der Waals surface area (Å²) in [5.74, 6) is 2.58. The largest absolute Gasteiger partial charge is 0.378 e. The van der Waals surface area contributed by atoms with Crippen molar-refractivity contribution < 1.29 is 9.59 Å². The topological polar surface area (TPSA) is 61.4 Å². The van der Waals surface area contributed by atoms with Gasteiger partial charge in [-0.05, 0) is 55.1 Å². The van der Waals surface area contributed by atoms with Crippen LogP contribution in [0.25, 0.3) is 0 Å². The summed E-state index contributed by atoms with van der Waals surface area (Å²) in [7, 11) is 4.03. The van der Waals surface area contributed by atoms with Crippen molar-refractivity contribution in [2.75, 3.05) is 30.5 Å². The minimum absolute atomic E-state index is 0.0676. The van der Waals surface area contributed by atoms with Gasteiger partial charge in [-0.15, -0.1) is 0 Å². The molecular formula is C26H41N3O2S. The lowest BCUT2D eigenvalue weighted by atomic mass is 9.88. The van der Waals surface area contributed by atoms with Crippen LogP contribution in [-0.4, -0.2) is 43.5 Å². The lowest BCUT2D eigenvalue weighted by Crippen LogP contribution is -2.50. The Bertz CT molecular complexity index is 710. The molecule has 0 radical (unpaired) electrons. The van der Waals surface area contributed by atoms with E-state index < -0.39 is 6.04 Å². The Balaban J connectivity index is 1.53. The first-order valence-corrected chi connectivity index (χ1v) is 13.6. The highest BCUT2D eigenvalue weighted by molar-refractivity contribution is 7.99. The predicted octanol–water partition coefficient (Wildman–Crippen LogP) is 4.75. The summed E-state index contributed by atoms with van der Waals surface area (Å²) in [6, 6.07) is 7.75. The molecule has 0 aliphatic heterocycles. The highest BCUT2D eigenvalue weighted by atomic mass is 32.2. The molecule has 2 saturated carbocycles. The molecule has 2 N–H and O–H groups in total. The molecule has 0 spiro atoms. The molecule has 2 amide bonds. The smallest absolute Gasteiger partial charge is 0.243 e. The second kappa shape index (κ2) is 13.1. The van der Waals surface area contributed by atoms with Crippen LogP contribution in [0.5, 0.6) is 0 Å². The standard InChI is InChI=1S/C26H41N3O2S/c1-29(2)23-15-13-20(14-16-23)17-27-26(31)24(19-32-18-21-9-5-3-6-10-21)28-25(30)22-11-7-4-8-12-22/h13-16,21-22,24H,3-12,17-19H2,1-2H3,(H,27,31)(H,28,30)/t24-/m0/s1. The van der Waals surface area contributed by atoms with Crippen LogP contribution in [0.15, 0.2) is 24.3 Å². The van der Waals surface area contributed by atoms with E-state index in [4.69, 9.17) is 0 Å². The molecule has 1 aromatic carbocycles. The molecule has 2 aliphatic rings. The van der Waals surface area contributed by atoms with Crippen LogP contribution in [0, 0.1) is 11.8 Å².